The van der Waals surface area contributed by atoms with E-state index in [0.29, 0.717) is 35.2 Å². The van der Waals surface area contributed by atoms with E-state index in [1.54, 1.807) is 0 Å². The third kappa shape index (κ3) is 12.7. The van der Waals surface area contributed by atoms with Gasteiger partial charge in [0.25, 0.3) is 6.71 Å². The van der Waals surface area contributed by atoms with Gasteiger partial charge in [0.2, 0.25) is 11.9 Å². The predicted octanol–water partition coefficient (Wildman–Crippen LogP) is 17.3. The summed E-state index contributed by atoms with van der Waals surface area (Å²) in [4.78, 5) is 41.6. The lowest BCUT2D eigenvalue weighted by molar-refractivity contribution is 0.590. The summed E-state index contributed by atoms with van der Waals surface area (Å²) in [6.45, 7) is 16.0. The fourth-order valence-corrected chi connectivity index (χ4v) is 25.1. The molecule has 0 saturated carbocycles. The number of aromatic nitrogens is 6. The normalized spacial score (nSPS) is 12.6. The first kappa shape index (κ1) is 69.7. The molecule has 0 unspecified atom stereocenters. The van der Waals surface area contributed by atoms with Gasteiger partial charge in [-0.25, -0.2) is 9.97 Å². The summed E-state index contributed by atoms with van der Waals surface area (Å²) in [6.07, 6.45) is 0. The molecule has 2 aromatic heterocycles. The fraction of sp³-hybridized carbons (Fsp3) is 0.0909. The zero-order valence-corrected chi connectivity index (χ0v) is 65.3. The molecule has 18 rings (SSSR count). The van der Waals surface area contributed by atoms with E-state index in [0.717, 1.165) is 78.5 Å². The molecule has 0 radical (unpaired) electrons. The van der Waals surface area contributed by atoms with E-state index in [2.05, 4.69) is 421 Å². The Morgan fingerprint density at radius 3 is 0.946 bits per heavy atom. The highest BCUT2D eigenvalue weighted by Crippen LogP contribution is 2.49. The van der Waals surface area contributed by atoms with Crippen LogP contribution >= 0.6 is 0 Å². The van der Waals surface area contributed by atoms with Crippen molar-refractivity contribution in [2.45, 2.75) is 58.9 Å². The van der Waals surface area contributed by atoms with Gasteiger partial charge in [0, 0.05) is 56.4 Å². The first-order valence-corrected chi connectivity index (χ1v) is 42.8. The first-order valence-electron chi connectivity index (χ1n) is 38.3. The molecule has 2 aliphatic rings. The van der Waals surface area contributed by atoms with E-state index >= 15 is 0 Å². The largest absolute Gasteiger partial charge is 0.310 e. The van der Waals surface area contributed by atoms with Crippen molar-refractivity contribution in [3.63, 3.8) is 0 Å². The molecule has 14 aromatic carbocycles. The molecule has 16 aromatic rings. The van der Waals surface area contributed by atoms with Gasteiger partial charge in [0.15, 0.2) is 31.4 Å². The minimum absolute atomic E-state index is 0.240. The van der Waals surface area contributed by atoms with E-state index in [9.17, 15) is 0 Å². The molecular weight excluding hydrogens is 1380 g/mol. The number of rotatable bonds is 16. The molecule has 0 spiro atoms. The maximum absolute atomic E-state index is 5.94. The Hall–Kier alpha value is -13.0. The average Bonchev–Trinajstić information content (AvgIpc) is 0.688. The second-order valence-electron chi connectivity index (χ2n) is 31.2. The molecule has 534 valence electrons. The smallest absolute Gasteiger partial charge is 0.252 e. The lowest BCUT2D eigenvalue weighted by Crippen LogP contribution is -2.74. The minimum atomic E-state index is -3.05. The number of fused-ring (bicyclic) bond motifs is 4. The van der Waals surface area contributed by atoms with Gasteiger partial charge in [-0.3, -0.25) is 9.80 Å². The maximum atomic E-state index is 5.94. The van der Waals surface area contributed by atoms with Gasteiger partial charge < -0.3 is 4.90 Å². The summed E-state index contributed by atoms with van der Waals surface area (Å²) in [6, 6.07) is 134. The molecule has 0 amide bonds. The van der Waals surface area contributed by atoms with Crippen LogP contribution in [0.25, 0.3) is 45.6 Å². The van der Waals surface area contributed by atoms with Crippen LogP contribution in [0, 0.1) is 0 Å². The summed E-state index contributed by atoms with van der Waals surface area (Å²) in [5, 5.41) is 8.89. The number of nitrogens with zero attached hydrogens (tertiary/aromatic N) is 9. The van der Waals surface area contributed by atoms with Gasteiger partial charge in [-0.2, -0.15) is 19.9 Å². The Morgan fingerprint density at radius 2 is 0.577 bits per heavy atom. The first-order chi connectivity index (χ1) is 54.2. The van der Waals surface area contributed by atoms with Crippen LogP contribution in [-0.2, 0) is 10.8 Å². The van der Waals surface area contributed by atoms with Gasteiger partial charge >= 0.3 is 0 Å². The van der Waals surface area contributed by atoms with Gasteiger partial charge in [-0.05, 0) is 123 Å². The van der Waals surface area contributed by atoms with Crippen molar-refractivity contribution in [3.05, 3.63) is 381 Å². The Morgan fingerprint density at radius 1 is 0.270 bits per heavy atom. The van der Waals surface area contributed by atoms with Crippen LogP contribution < -0.4 is 67.4 Å². The number of anilines is 9. The summed E-state index contributed by atoms with van der Waals surface area (Å²) >= 11 is 0. The summed E-state index contributed by atoms with van der Waals surface area (Å²) < 4.78 is 0. The van der Waals surface area contributed by atoms with Crippen LogP contribution in [0.5, 0.6) is 0 Å². The molecule has 111 heavy (non-hydrogen) atoms. The lowest BCUT2D eigenvalue weighted by Gasteiger charge is -2.44. The molecule has 0 fully saturated rings. The maximum Gasteiger partial charge on any atom is 0.252 e. The van der Waals surface area contributed by atoms with Crippen molar-refractivity contribution >= 4 is 127 Å². The Kier molecular flexibility index (Phi) is 17.9. The molecular formula is C99H82BN9Si2. The second-order valence-corrected chi connectivity index (χ2v) is 39.0. The molecule has 12 heteroatoms. The van der Waals surface area contributed by atoms with Gasteiger partial charge in [-0.15, -0.1) is 0 Å². The third-order valence-electron chi connectivity index (χ3n) is 22.4. The third-order valence-corrected chi connectivity index (χ3v) is 31.6. The van der Waals surface area contributed by atoms with E-state index in [4.69, 9.17) is 29.9 Å². The number of hydrogen-bond donors (Lipinski definition) is 0. The second kappa shape index (κ2) is 28.5. The van der Waals surface area contributed by atoms with Crippen LogP contribution in [0.15, 0.2) is 370 Å². The average molecular weight is 1460 g/mol. The highest BCUT2D eigenvalue weighted by atomic mass is 28.3. The molecule has 2 aliphatic heterocycles. The van der Waals surface area contributed by atoms with Gasteiger partial charge in [0.1, 0.15) is 8.07 Å². The number of benzene rings is 14. The van der Waals surface area contributed by atoms with Crippen LogP contribution in [0.4, 0.5) is 51.7 Å². The van der Waals surface area contributed by atoms with Crippen molar-refractivity contribution in [1.29, 1.82) is 0 Å². The summed E-state index contributed by atoms with van der Waals surface area (Å²) in [5.41, 5.74) is 15.3. The molecule has 0 atom stereocenters. The zero-order chi connectivity index (χ0) is 75.4. The highest BCUT2D eigenvalue weighted by Gasteiger charge is 2.48. The molecule has 0 aliphatic carbocycles. The quantitative estimate of drug-likeness (QED) is 0.0693. The van der Waals surface area contributed by atoms with Crippen molar-refractivity contribution in [1.82, 2.24) is 29.9 Å². The molecule has 0 bridgehead atoms. The van der Waals surface area contributed by atoms with Gasteiger partial charge in [-0.1, -0.05) is 370 Å². The van der Waals surface area contributed by atoms with Crippen LogP contribution in [0.1, 0.15) is 52.7 Å². The summed E-state index contributed by atoms with van der Waals surface area (Å²) in [5.74, 6) is 3.13. The molecule has 4 heterocycles. The fourth-order valence-electron chi connectivity index (χ4n) is 16.7. The van der Waals surface area contributed by atoms with E-state index in [1.807, 2.05) is 12.1 Å². The lowest BCUT2D eigenvalue weighted by atomic mass is 9.33. The zero-order valence-electron chi connectivity index (χ0n) is 63.3. The van der Waals surface area contributed by atoms with E-state index in [1.165, 1.54) is 47.4 Å². The number of para-hydroxylation sites is 2. The predicted molar refractivity (Wildman–Crippen MR) is 468 cm³/mol. The van der Waals surface area contributed by atoms with Crippen LogP contribution in [0.2, 0.25) is 6.55 Å². The van der Waals surface area contributed by atoms with Crippen molar-refractivity contribution < 1.29 is 0 Å². The molecule has 0 N–H and O–H groups in total. The Balaban J connectivity index is 0.939. The van der Waals surface area contributed by atoms with Crippen LogP contribution in [0.3, 0.4) is 0 Å². The SMILES string of the molecule is CC(C)(C)c1ccc2c(c1)B1c3cc(C(C)(C)C)ccc3N(c3nc(-c4ccccc4)nc(-c4cccc([Si](c5ccccc5)(c5ccccc5)c5ccccc5)c4)n3)c3cc(N(c4ccccc4)c4ccccc4)cc(c31)N2c1nc(-c2ccccc2)nc(-c2cccc([Si](C)(c3ccccc3)c3ccccc3)c2)n1. The monoisotopic (exact) mass is 1460 g/mol. The highest BCUT2D eigenvalue weighted by molar-refractivity contribution is 7.20. The molecule has 0 saturated heterocycles. The van der Waals surface area contributed by atoms with Gasteiger partial charge in [0.05, 0.1) is 5.69 Å². The minimum Gasteiger partial charge on any atom is -0.310 e. The standard InChI is InChI=1S/C99H82BN9Si2/c1-98(2,3)73-59-61-87-85(65-73)100-86-66-74(99(4,5)6)60-62-88(86)109(97-104-93(70-39-19-9-20-40-70)102-95(106-97)72-42-36-58-84(64-72)111(80-51-29-14-30-52-80,81-53-31-15-32-54-81)82-55-33-16-34-56-82)90-68-77(107(75-43-21-10-22-44-75)76-45-23-11-24-46-76)67-89(91(90)100)108(87)96-103-92(69-37-17-8-18-38-69)101-94(105-96)71-41-35-57-83(63-71)110(7,78-47-25-12-26-48-78)79-49-27-13-28-50-79/h8-68H,1-7H3. The summed E-state index contributed by atoms with van der Waals surface area (Å²) in [7, 11) is -5.70. The van der Waals surface area contributed by atoms with Crippen molar-refractivity contribution in [2.24, 2.45) is 0 Å². The van der Waals surface area contributed by atoms with E-state index in [-0.39, 0.29) is 17.5 Å². The van der Waals surface area contributed by atoms with Crippen LogP contribution in [-0.4, -0.2) is 52.8 Å². The van der Waals surface area contributed by atoms with E-state index < -0.39 is 16.1 Å². The molecule has 9 nitrogen and oxygen atoms in total. The Labute approximate surface area is 653 Å². The van der Waals surface area contributed by atoms with Crippen molar-refractivity contribution in [2.75, 3.05) is 14.7 Å². The number of hydrogen-bond acceptors (Lipinski definition) is 9. The topological polar surface area (TPSA) is 87.1 Å². The van der Waals surface area contributed by atoms with Crippen molar-refractivity contribution in [3.8, 4) is 45.6 Å². The Bertz CT molecular complexity index is 5900.